The number of nitrogens with zero attached hydrogens (tertiary/aromatic N) is 4. The van der Waals surface area contributed by atoms with Crippen LogP contribution in [0.2, 0.25) is 0 Å². The largest absolute Gasteiger partial charge is 0.342 e. The molecule has 1 amide bonds. The van der Waals surface area contributed by atoms with Crippen LogP contribution in [0.25, 0.3) is 11.0 Å². The van der Waals surface area contributed by atoms with Crippen LogP contribution in [0.5, 0.6) is 0 Å². The number of piperidine rings is 1. The van der Waals surface area contributed by atoms with Crippen molar-refractivity contribution in [2.24, 2.45) is 0 Å². The maximum absolute atomic E-state index is 12.7. The van der Waals surface area contributed by atoms with Gasteiger partial charge in [-0.3, -0.25) is 4.79 Å². The topological polar surface area (TPSA) is 74.8 Å². The fraction of sp³-hybridized carbons (Fsp3) is 0.368. The van der Waals surface area contributed by atoms with Crippen molar-refractivity contribution in [3.63, 3.8) is 0 Å². The van der Waals surface area contributed by atoms with Gasteiger partial charge in [0.2, 0.25) is 0 Å². The second-order valence-electron chi connectivity index (χ2n) is 6.68. The maximum Gasteiger partial charge on any atom is 0.257 e. The van der Waals surface area contributed by atoms with E-state index in [1.807, 2.05) is 17.9 Å². The molecule has 3 heterocycles. The molecule has 0 radical (unpaired) electrons. The number of aromatic nitrogens is 4. The van der Waals surface area contributed by atoms with Crippen LogP contribution in [-0.4, -0.2) is 43.8 Å². The molecule has 25 heavy (non-hydrogen) atoms. The quantitative estimate of drug-likeness (QED) is 0.781. The van der Waals surface area contributed by atoms with Crippen LogP contribution in [0.15, 0.2) is 30.7 Å². The lowest BCUT2D eigenvalue weighted by Gasteiger charge is -2.31. The van der Waals surface area contributed by atoms with Crippen molar-refractivity contribution in [1.29, 1.82) is 0 Å². The van der Waals surface area contributed by atoms with E-state index in [1.54, 1.807) is 6.20 Å². The summed E-state index contributed by atoms with van der Waals surface area (Å²) in [5, 5.41) is 0. The standard InChI is InChI=1S/C19H21N5O/c1-12-4-3-5-16-17(12)23-18(22-16)14-6-8-24(9-7-14)19(25)15-10-20-11-21-13(15)2/h3-5,10-11,14H,6-9H2,1-2H3,(H,22,23). The SMILES string of the molecule is Cc1ncncc1C(=O)N1CCC(c2nc3c(C)cccc3[nH]2)CC1. The Morgan fingerprint density at radius 1 is 1.24 bits per heavy atom. The van der Waals surface area contributed by atoms with Gasteiger partial charge < -0.3 is 9.88 Å². The molecule has 6 heteroatoms. The lowest BCUT2D eigenvalue weighted by molar-refractivity contribution is 0.0709. The van der Waals surface area contributed by atoms with Crippen molar-refractivity contribution in [3.8, 4) is 0 Å². The molecule has 1 N–H and O–H groups in total. The number of carbonyl (C=O) groups is 1. The molecule has 2 aromatic heterocycles. The van der Waals surface area contributed by atoms with Gasteiger partial charge in [0, 0.05) is 25.2 Å². The number of para-hydroxylation sites is 1. The summed E-state index contributed by atoms with van der Waals surface area (Å²) < 4.78 is 0. The Morgan fingerprint density at radius 2 is 2.04 bits per heavy atom. The lowest BCUT2D eigenvalue weighted by atomic mass is 9.95. The zero-order valence-corrected chi connectivity index (χ0v) is 14.5. The zero-order valence-electron chi connectivity index (χ0n) is 14.5. The van der Waals surface area contributed by atoms with Crippen molar-refractivity contribution in [3.05, 3.63) is 53.4 Å². The number of nitrogens with one attached hydrogen (secondary N) is 1. The van der Waals surface area contributed by atoms with E-state index in [0.717, 1.165) is 48.5 Å². The fourth-order valence-corrected chi connectivity index (χ4v) is 3.52. The fourth-order valence-electron chi connectivity index (χ4n) is 3.52. The number of carbonyl (C=O) groups excluding carboxylic acids is 1. The minimum absolute atomic E-state index is 0.0250. The second-order valence-corrected chi connectivity index (χ2v) is 6.68. The number of likely N-dealkylation sites (tertiary alicyclic amines) is 1. The molecule has 0 spiro atoms. The van der Waals surface area contributed by atoms with Crippen LogP contribution >= 0.6 is 0 Å². The number of rotatable bonds is 2. The number of imidazole rings is 1. The third-order valence-electron chi connectivity index (χ3n) is 5.04. The van der Waals surface area contributed by atoms with Gasteiger partial charge in [-0.25, -0.2) is 15.0 Å². The van der Waals surface area contributed by atoms with E-state index < -0.39 is 0 Å². The molecule has 0 unspecified atom stereocenters. The summed E-state index contributed by atoms with van der Waals surface area (Å²) in [5.41, 5.74) is 4.65. The van der Waals surface area contributed by atoms with Gasteiger partial charge in [-0.2, -0.15) is 0 Å². The zero-order chi connectivity index (χ0) is 17.4. The van der Waals surface area contributed by atoms with Crippen molar-refractivity contribution in [1.82, 2.24) is 24.8 Å². The van der Waals surface area contributed by atoms with E-state index in [-0.39, 0.29) is 5.91 Å². The summed E-state index contributed by atoms with van der Waals surface area (Å²) in [6, 6.07) is 6.19. The van der Waals surface area contributed by atoms with Crippen LogP contribution in [0.4, 0.5) is 0 Å². The number of hydrogen-bond acceptors (Lipinski definition) is 4. The average Bonchev–Trinajstić information content (AvgIpc) is 3.07. The molecule has 1 aromatic carbocycles. The highest BCUT2D eigenvalue weighted by Crippen LogP contribution is 2.29. The molecule has 4 rings (SSSR count). The maximum atomic E-state index is 12.7. The predicted octanol–water partition coefficient (Wildman–Crippen LogP) is 2.99. The molecule has 128 valence electrons. The molecule has 0 bridgehead atoms. The van der Waals surface area contributed by atoms with Gasteiger partial charge in [-0.15, -0.1) is 0 Å². The molecule has 1 fully saturated rings. The number of hydrogen-bond donors (Lipinski definition) is 1. The van der Waals surface area contributed by atoms with Gasteiger partial charge in [0.05, 0.1) is 22.3 Å². The minimum Gasteiger partial charge on any atom is -0.342 e. The Balaban J connectivity index is 1.48. The van der Waals surface area contributed by atoms with E-state index in [9.17, 15) is 4.79 Å². The van der Waals surface area contributed by atoms with Gasteiger partial charge in [0.1, 0.15) is 12.2 Å². The Bertz CT molecular complexity index is 924. The van der Waals surface area contributed by atoms with Gasteiger partial charge >= 0.3 is 0 Å². The second kappa shape index (κ2) is 6.27. The summed E-state index contributed by atoms with van der Waals surface area (Å²) in [6.07, 6.45) is 4.91. The Morgan fingerprint density at radius 3 is 2.76 bits per heavy atom. The normalized spacial score (nSPS) is 15.7. The number of H-pyrrole nitrogens is 1. The van der Waals surface area contributed by atoms with Crippen molar-refractivity contribution in [2.45, 2.75) is 32.6 Å². The van der Waals surface area contributed by atoms with E-state index >= 15 is 0 Å². The van der Waals surface area contributed by atoms with Crippen LogP contribution in [0, 0.1) is 13.8 Å². The lowest BCUT2D eigenvalue weighted by Crippen LogP contribution is -2.38. The number of amides is 1. The summed E-state index contributed by atoms with van der Waals surface area (Å²) in [6.45, 7) is 5.39. The highest BCUT2D eigenvalue weighted by Gasteiger charge is 2.27. The number of fused-ring (bicyclic) bond motifs is 1. The summed E-state index contributed by atoms with van der Waals surface area (Å²) in [5.74, 6) is 1.43. The Kier molecular flexibility index (Phi) is 3.95. The molecule has 0 aliphatic carbocycles. The predicted molar refractivity (Wildman–Crippen MR) is 95.5 cm³/mol. The molecular formula is C19H21N5O. The van der Waals surface area contributed by atoms with Gasteiger partial charge in [-0.05, 0) is 38.3 Å². The van der Waals surface area contributed by atoms with Crippen LogP contribution in [0.3, 0.4) is 0 Å². The van der Waals surface area contributed by atoms with Crippen LogP contribution in [-0.2, 0) is 0 Å². The van der Waals surface area contributed by atoms with Gasteiger partial charge in [0.15, 0.2) is 0 Å². The molecular weight excluding hydrogens is 314 g/mol. The van der Waals surface area contributed by atoms with E-state index in [1.165, 1.54) is 11.9 Å². The van der Waals surface area contributed by atoms with E-state index in [4.69, 9.17) is 4.98 Å². The highest BCUT2D eigenvalue weighted by molar-refractivity contribution is 5.95. The first-order valence-corrected chi connectivity index (χ1v) is 8.64. The van der Waals surface area contributed by atoms with Crippen LogP contribution in [0.1, 0.15) is 46.2 Å². The minimum atomic E-state index is 0.0250. The van der Waals surface area contributed by atoms with Crippen molar-refractivity contribution < 1.29 is 4.79 Å². The van der Waals surface area contributed by atoms with Crippen LogP contribution < -0.4 is 0 Å². The van der Waals surface area contributed by atoms with E-state index in [2.05, 4.69) is 34.0 Å². The summed E-state index contributed by atoms with van der Waals surface area (Å²) >= 11 is 0. The molecule has 6 nitrogen and oxygen atoms in total. The first kappa shape index (κ1) is 15.7. The molecule has 1 aliphatic rings. The third kappa shape index (κ3) is 2.88. The van der Waals surface area contributed by atoms with E-state index in [0.29, 0.717) is 11.5 Å². The first-order valence-electron chi connectivity index (χ1n) is 8.64. The number of benzene rings is 1. The smallest absolute Gasteiger partial charge is 0.257 e. The van der Waals surface area contributed by atoms with Gasteiger partial charge in [-0.1, -0.05) is 12.1 Å². The Labute approximate surface area is 146 Å². The number of aromatic amines is 1. The Hall–Kier alpha value is -2.76. The van der Waals surface area contributed by atoms with Crippen molar-refractivity contribution >= 4 is 16.9 Å². The first-order chi connectivity index (χ1) is 12.1. The monoisotopic (exact) mass is 335 g/mol. The van der Waals surface area contributed by atoms with Gasteiger partial charge in [0.25, 0.3) is 5.91 Å². The summed E-state index contributed by atoms with van der Waals surface area (Å²) in [4.78, 5) is 30.9. The van der Waals surface area contributed by atoms with Crippen molar-refractivity contribution in [2.75, 3.05) is 13.1 Å². The molecule has 1 saturated heterocycles. The third-order valence-corrected chi connectivity index (χ3v) is 5.04. The average molecular weight is 335 g/mol. The number of aryl methyl sites for hydroxylation is 2. The molecule has 3 aromatic rings. The summed E-state index contributed by atoms with van der Waals surface area (Å²) in [7, 11) is 0. The molecule has 0 saturated carbocycles. The highest BCUT2D eigenvalue weighted by atomic mass is 16.2. The molecule has 0 atom stereocenters. The molecule has 1 aliphatic heterocycles.